The van der Waals surface area contributed by atoms with Crippen molar-refractivity contribution in [2.45, 2.75) is 45.1 Å². The zero-order valence-electron chi connectivity index (χ0n) is 10.5. The van der Waals surface area contributed by atoms with E-state index in [1.54, 1.807) is 6.20 Å². The molecule has 1 aliphatic carbocycles. The molecule has 1 saturated carbocycles. The van der Waals surface area contributed by atoms with Gasteiger partial charge >= 0.3 is 0 Å². The van der Waals surface area contributed by atoms with E-state index in [9.17, 15) is 0 Å². The monoisotopic (exact) mass is 253 g/mol. The van der Waals surface area contributed by atoms with Crippen molar-refractivity contribution in [3.05, 3.63) is 23.9 Å². The topological polar surface area (TPSA) is 22.1 Å². The van der Waals surface area contributed by atoms with Crippen LogP contribution >= 0.6 is 11.6 Å². The summed E-state index contributed by atoms with van der Waals surface area (Å²) in [5.41, 5.74) is 1.03. The number of hydrogen-bond acceptors (Lipinski definition) is 2. The Hall–Kier alpha value is -0.760. The average Bonchev–Trinajstić information content (AvgIpc) is 2.35. The summed E-state index contributed by atoms with van der Waals surface area (Å²) in [5.74, 6) is 2.80. The van der Waals surface area contributed by atoms with Crippen LogP contribution in [0, 0.1) is 11.8 Å². The van der Waals surface area contributed by atoms with Gasteiger partial charge in [0.1, 0.15) is 6.10 Å². The summed E-state index contributed by atoms with van der Waals surface area (Å²) < 4.78 is 5.92. The van der Waals surface area contributed by atoms with Crippen molar-refractivity contribution in [2.24, 2.45) is 11.8 Å². The van der Waals surface area contributed by atoms with Crippen molar-refractivity contribution in [3.8, 4) is 5.88 Å². The molecule has 1 heterocycles. The van der Waals surface area contributed by atoms with Crippen LogP contribution in [-0.4, -0.2) is 11.1 Å². The first-order valence-electron chi connectivity index (χ1n) is 6.36. The SMILES string of the molecule is CC1CCC(Oc2ccc(CCl)cn2)CC1C. The molecule has 1 aromatic rings. The van der Waals surface area contributed by atoms with Crippen LogP contribution in [0.2, 0.25) is 0 Å². The lowest BCUT2D eigenvalue weighted by Gasteiger charge is -2.31. The fourth-order valence-corrected chi connectivity index (χ4v) is 2.49. The predicted molar refractivity (Wildman–Crippen MR) is 70.4 cm³/mol. The number of halogens is 1. The molecule has 0 radical (unpaired) electrons. The van der Waals surface area contributed by atoms with E-state index in [0.29, 0.717) is 12.0 Å². The Morgan fingerprint density at radius 2 is 2.12 bits per heavy atom. The van der Waals surface area contributed by atoms with Crippen molar-refractivity contribution < 1.29 is 4.74 Å². The van der Waals surface area contributed by atoms with Gasteiger partial charge in [0.05, 0.1) is 0 Å². The average molecular weight is 254 g/mol. The highest BCUT2D eigenvalue weighted by molar-refractivity contribution is 6.17. The zero-order chi connectivity index (χ0) is 12.3. The highest BCUT2D eigenvalue weighted by Crippen LogP contribution is 2.31. The minimum Gasteiger partial charge on any atom is -0.474 e. The van der Waals surface area contributed by atoms with E-state index >= 15 is 0 Å². The first-order chi connectivity index (χ1) is 8.19. The molecular weight excluding hydrogens is 234 g/mol. The quantitative estimate of drug-likeness (QED) is 0.759. The molecule has 0 amide bonds. The van der Waals surface area contributed by atoms with Gasteiger partial charge in [-0.1, -0.05) is 19.9 Å². The molecule has 17 heavy (non-hydrogen) atoms. The van der Waals surface area contributed by atoms with Crippen LogP contribution in [-0.2, 0) is 5.88 Å². The normalized spacial score (nSPS) is 29.0. The molecule has 3 atom stereocenters. The molecule has 1 aromatic heterocycles. The van der Waals surface area contributed by atoms with Crippen LogP contribution in [0.25, 0.3) is 0 Å². The fourth-order valence-electron chi connectivity index (χ4n) is 2.34. The molecule has 1 aliphatic rings. The number of pyridine rings is 1. The molecule has 0 N–H and O–H groups in total. The van der Waals surface area contributed by atoms with Crippen LogP contribution in [0.1, 0.15) is 38.7 Å². The van der Waals surface area contributed by atoms with Gasteiger partial charge in [0.2, 0.25) is 5.88 Å². The van der Waals surface area contributed by atoms with Crippen LogP contribution < -0.4 is 4.74 Å². The molecule has 94 valence electrons. The molecule has 0 saturated heterocycles. The Labute approximate surface area is 108 Å². The molecule has 3 heteroatoms. The summed E-state index contributed by atoms with van der Waals surface area (Å²) in [6.45, 7) is 4.64. The second-order valence-electron chi connectivity index (χ2n) is 5.15. The lowest BCUT2D eigenvalue weighted by atomic mass is 9.80. The summed E-state index contributed by atoms with van der Waals surface area (Å²) in [7, 11) is 0. The molecular formula is C14H20ClNO. The number of alkyl halides is 1. The minimum absolute atomic E-state index is 0.329. The summed E-state index contributed by atoms with van der Waals surface area (Å²) >= 11 is 5.73. The maximum atomic E-state index is 5.92. The van der Waals surface area contributed by atoms with Crippen LogP contribution in [0.3, 0.4) is 0 Å². The van der Waals surface area contributed by atoms with Crippen molar-refractivity contribution in [2.75, 3.05) is 0 Å². The Balaban J connectivity index is 1.92. The van der Waals surface area contributed by atoms with E-state index in [4.69, 9.17) is 16.3 Å². The minimum atomic E-state index is 0.329. The standard InChI is InChI=1S/C14H20ClNO/c1-10-3-5-13(7-11(10)2)17-14-6-4-12(8-15)9-16-14/h4,6,9-11,13H,3,5,7-8H2,1-2H3. The molecule has 0 bridgehead atoms. The van der Waals surface area contributed by atoms with E-state index in [-0.39, 0.29) is 0 Å². The van der Waals surface area contributed by atoms with Crippen LogP contribution in [0.15, 0.2) is 18.3 Å². The molecule has 2 nitrogen and oxygen atoms in total. The third kappa shape index (κ3) is 3.35. The van der Waals surface area contributed by atoms with Gasteiger partial charge in [0, 0.05) is 18.1 Å². The zero-order valence-corrected chi connectivity index (χ0v) is 11.3. The van der Waals surface area contributed by atoms with Crippen molar-refractivity contribution >= 4 is 11.6 Å². The Bertz CT molecular complexity index is 352. The van der Waals surface area contributed by atoms with Crippen molar-refractivity contribution in [1.82, 2.24) is 4.98 Å². The largest absolute Gasteiger partial charge is 0.474 e. The molecule has 0 spiro atoms. The Morgan fingerprint density at radius 3 is 2.71 bits per heavy atom. The lowest BCUT2D eigenvalue weighted by molar-refractivity contribution is 0.0964. The predicted octanol–water partition coefficient (Wildman–Crippen LogP) is 4.02. The summed E-state index contributed by atoms with van der Waals surface area (Å²) in [6, 6.07) is 3.89. The third-order valence-corrected chi connectivity index (χ3v) is 4.10. The van der Waals surface area contributed by atoms with Gasteiger partial charge in [-0.25, -0.2) is 4.98 Å². The van der Waals surface area contributed by atoms with Gasteiger partial charge in [-0.2, -0.15) is 0 Å². The van der Waals surface area contributed by atoms with Gasteiger partial charge < -0.3 is 4.74 Å². The fraction of sp³-hybridized carbons (Fsp3) is 0.643. The highest BCUT2D eigenvalue weighted by Gasteiger charge is 2.25. The van der Waals surface area contributed by atoms with Gasteiger partial charge in [0.15, 0.2) is 0 Å². The smallest absolute Gasteiger partial charge is 0.213 e. The van der Waals surface area contributed by atoms with E-state index < -0.39 is 0 Å². The van der Waals surface area contributed by atoms with Gasteiger partial charge in [-0.05, 0) is 36.7 Å². The Morgan fingerprint density at radius 1 is 1.29 bits per heavy atom. The lowest BCUT2D eigenvalue weighted by Crippen LogP contribution is -2.28. The summed E-state index contributed by atoms with van der Waals surface area (Å²) in [4.78, 5) is 4.28. The summed E-state index contributed by atoms with van der Waals surface area (Å²) in [5, 5.41) is 0. The molecule has 1 fully saturated rings. The molecule has 2 rings (SSSR count). The van der Waals surface area contributed by atoms with Crippen LogP contribution in [0.5, 0.6) is 5.88 Å². The van der Waals surface area contributed by atoms with E-state index in [0.717, 1.165) is 36.1 Å². The molecule has 0 aliphatic heterocycles. The number of ether oxygens (including phenoxy) is 1. The summed E-state index contributed by atoms with van der Waals surface area (Å²) in [6.07, 6.45) is 5.66. The van der Waals surface area contributed by atoms with Crippen molar-refractivity contribution in [1.29, 1.82) is 0 Å². The van der Waals surface area contributed by atoms with Crippen molar-refractivity contribution in [3.63, 3.8) is 0 Å². The molecule has 3 unspecified atom stereocenters. The number of nitrogens with zero attached hydrogens (tertiary/aromatic N) is 1. The number of rotatable bonds is 3. The van der Waals surface area contributed by atoms with Crippen LogP contribution in [0.4, 0.5) is 0 Å². The second kappa shape index (κ2) is 5.72. The second-order valence-corrected chi connectivity index (χ2v) is 5.41. The maximum absolute atomic E-state index is 5.92. The van der Waals surface area contributed by atoms with E-state index in [1.165, 1.54) is 6.42 Å². The van der Waals surface area contributed by atoms with Gasteiger partial charge in [-0.15, -0.1) is 11.6 Å². The third-order valence-electron chi connectivity index (χ3n) is 3.79. The van der Waals surface area contributed by atoms with E-state index in [2.05, 4.69) is 18.8 Å². The van der Waals surface area contributed by atoms with Gasteiger partial charge in [0.25, 0.3) is 0 Å². The first-order valence-corrected chi connectivity index (χ1v) is 6.90. The highest BCUT2D eigenvalue weighted by atomic mass is 35.5. The van der Waals surface area contributed by atoms with E-state index in [1.807, 2.05) is 12.1 Å². The molecule has 0 aromatic carbocycles. The Kier molecular flexibility index (Phi) is 4.27. The maximum Gasteiger partial charge on any atom is 0.213 e. The number of hydrogen-bond donors (Lipinski definition) is 0. The van der Waals surface area contributed by atoms with Gasteiger partial charge in [-0.3, -0.25) is 0 Å². The first kappa shape index (κ1) is 12.7. The number of aromatic nitrogens is 1.